The number of H-pyrrole nitrogens is 1. The summed E-state index contributed by atoms with van der Waals surface area (Å²) in [4.78, 5) is 10.5. The SMILES string of the molecule is Cl.Cl.N#Cc1ccc(-c2[nH]ncc2-c2ccc3ncc(-c4nccs4)n3c2)s1. The van der Waals surface area contributed by atoms with Crippen molar-refractivity contribution >= 4 is 53.1 Å². The third kappa shape index (κ3) is 3.30. The van der Waals surface area contributed by atoms with E-state index in [-0.39, 0.29) is 24.8 Å². The predicted octanol–water partition coefficient (Wildman–Crippen LogP) is 5.29. The summed E-state index contributed by atoms with van der Waals surface area (Å²) in [6, 6.07) is 9.96. The smallest absolute Gasteiger partial charge is 0.141 e. The maximum absolute atomic E-state index is 9.07. The molecule has 0 fully saturated rings. The lowest BCUT2D eigenvalue weighted by atomic mass is 10.1. The Labute approximate surface area is 180 Å². The summed E-state index contributed by atoms with van der Waals surface area (Å²) in [6.45, 7) is 0. The Bertz CT molecular complexity index is 1260. The number of fused-ring (bicyclic) bond motifs is 1. The second-order valence-electron chi connectivity index (χ2n) is 5.56. The minimum atomic E-state index is 0. The van der Waals surface area contributed by atoms with Crippen molar-refractivity contribution in [1.82, 2.24) is 24.6 Å². The third-order valence-corrected chi connectivity index (χ3v) is 5.87. The number of pyridine rings is 1. The van der Waals surface area contributed by atoms with E-state index in [1.165, 1.54) is 11.3 Å². The molecule has 0 saturated heterocycles. The summed E-state index contributed by atoms with van der Waals surface area (Å²) < 4.78 is 2.04. The Hall–Kier alpha value is -2.70. The van der Waals surface area contributed by atoms with Crippen LogP contribution in [0.25, 0.3) is 38.0 Å². The van der Waals surface area contributed by atoms with Crippen molar-refractivity contribution in [2.45, 2.75) is 0 Å². The highest BCUT2D eigenvalue weighted by molar-refractivity contribution is 7.16. The number of nitrogens with one attached hydrogen (secondary N) is 1. The Kier molecular flexibility index (Phi) is 5.82. The van der Waals surface area contributed by atoms with Crippen LogP contribution in [0, 0.1) is 11.3 Å². The third-order valence-electron chi connectivity index (χ3n) is 4.07. The zero-order valence-electron chi connectivity index (χ0n) is 14.1. The standard InChI is InChI=1S/C18H10N6S2.2ClH/c19-7-12-2-3-15(26-12)17-13(8-22-23-17)11-1-4-16-21-9-14(24(16)10-11)18-20-5-6-25-18;;/h1-6,8-10H,(H,22,23);2*1H. The number of hydrogen-bond acceptors (Lipinski definition) is 6. The molecule has 5 aromatic heterocycles. The highest BCUT2D eigenvalue weighted by atomic mass is 35.5. The molecule has 0 atom stereocenters. The molecular weight excluding hydrogens is 435 g/mol. The number of imidazole rings is 1. The van der Waals surface area contributed by atoms with Gasteiger partial charge < -0.3 is 0 Å². The van der Waals surface area contributed by atoms with Gasteiger partial charge in [-0.2, -0.15) is 10.4 Å². The van der Waals surface area contributed by atoms with Gasteiger partial charge in [-0.3, -0.25) is 9.50 Å². The first kappa shape index (κ1) is 20.0. The molecule has 0 saturated carbocycles. The number of halogens is 2. The lowest BCUT2D eigenvalue weighted by Crippen LogP contribution is -1.90. The Morgan fingerprint density at radius 2 is 1.96 bits per heavy atom. The van der Waals surface area contributed by atoms with Crippen LogP contribution in [0.5, 0.6) is 0 Å². The first-order valence-corrected chi connectivity index (χ1v) is 9.44. The number of aromatic amines is 1. The van der Waals surface area contributed by atoms with Gasteiger partial charge in [-0.25, -0.2) is 9.97 Å². The van der Waals surface area contributed by atoms with Gasteiger partial charge in [0.25, 0.3) is 0 Å². The second kappa shape index (κ2) is 8.12. The number of thiazole rings is 1. The van der Waals surface area contributed by atoms with E-state index in [4.69, 9.17) is 5.26 Å². The maximum Gasteiger partial charge on any atom is 0.141 e. The van der Waals surface area contributed by atoms with Crippen LogP contribution in [0.2, 0.25) is 0 Å². The molecule has 5 heterocycles. The van der Waals surface area contributed by atoms with Crippen molar-refractivity contribution < 1.29 is 0 Å². The summed E-state index contributed by atoms with van der Waals surface area (Å²) in [5.41, 5.74) is 4.74. The number of thiophene rings is 1. The summed E-state index contributed by atoms with van der Waals surface area (Å²) in [5, 5.41) is 19.2. The molecule has 0 aromatic carbocycles. The van der Waals surface area contributed by atoms with E-state index in [0.29, 0.717) is 4.88 Å². The number of aromatic nitrogens is 5. The van der Waals surface area contributed by atoms with Crippen molar-refractivity contribution in [2.75, 3.05) is 0 Å². The summed E-state index contributed by atoms with van der Waals surface area (Å²) in [5.74, 6) is 0. The van der Waals surface area contributed by atoms with Crippen molar-refractivity contribution in [3.63, 3.8) is 0 Å². The lowest BCUT2D eigenvalue weighted by molar-refractivity contribution is 1.10. The van der Waals surface area contributed by atoms with Crippen LogP contribution in [0.15, 0.2) is 54.4 Å². The van der Waals surface area contributed by atoms with Crippen molar-refractivity contribution in [3.05, 3.63) is 59.3 Å². The molecule has 6 nitrogen and oxygen atoms in total. The molecule has 0 radical (unpaired) electrons. The van der Waals surface area contributed by atoms with Gasteiger partial charge in [0, 0.05) is 28.9 Å². The number of hydrogen-bond donors (Lipinski definition) is 1. The Balaban J connectivity index is 0.00000112. The van der Waals surface area contributed by atoms with Gasteiger partial charge >= 0.3 is 0 Å². The predicted molar refractivity (Wildman–Crippen MR) is 116 cm³/mol. The molecule has 1 N–H and O–H groups in total. The van der Waals surface area contributed by atoms with E-state index in [1.807, 2.05) is 52.6 Å². The van der Waals surface area contributed by atoms with Gasteiger partial charge in [-0.15, -0.1) is 47.5 Å². The van der Waals surface area contributed by atoms with Gasteiger partial charge in [0.2, 0.25) is 0 Å². The first-order chi connectivity index (χ1) is 12.8. The van der Waals surface area contributed by atoms with E-state index in [2.05, 4.69) is 26.2 Å². The van der Waals surface area contributed by atoms with Crippen LogP contribution < -0.4 is 0 Å². The maximum atomic E-state index is 9.07. The molecule has 5 rings (SSSR count). The monoisotopic (exact) mass is 446 g/mol. The summed E-state index contributed by atoms with van der Waals surface area (Å²) in [6.07, 6.45) is 7.49. The average molecular weight is 447 g/mol. The van der Waals surface area contributed by atoms with E-state index >= 15 is 0 Å². The van der Waals surface area contributed by atoms with E-state index < -0.39 is 0 Å². The first-order valence-electron chi connectivity index (χ1n) is 7.74. The van der Waals surface area contributed by atoms with Gasteiger partial charge in [0.15, 0.2) is 0 Å². The fraction of sp³-hybridized carbons (Fsp3) is 0. The summed E-state index contributed by atoms with van der Waals surface area (Å²) in [7, 11) is 0. The Morgan fingerprint density at radius 1 is 1.07 bits per heavy atom. The van der Waals surface area contributed by atoms with Gasteiger partial charge in [0.05, 0.1) is 23.0 Å². The number of nitrogens with zero attached hydrogens (tertiary/aromatic N) is 5. The molecule has 0 bridgehead atoms. The topological polar surface area (TPSA) is 82.7 Å². The van der Waals surface area contributed by atoms with Crippen LogP contribution >= 0.6 is 47.5 Å². The van der Waals surface area contributed by atoms with Crippen molar-refractivity contribution in [3.8, 4) is 38.5 Å². The molecule has 140 valence electrons. The quantitative estimate of drug-likeness (QED) is 0.407. The zero-order chi connectivity index (χ0) is 17.5. The Morgan fingerprint density at radius 3 is 2.71 bits per heavy atom. The molecule has 28 heavy (non-hydrogen) atoms. The van der Waals surface area contributed by atoms with E-state index in [9.17, 15) is 0 Å². The van der Waals surface area contributed by atoms with Gasteiger partial charge in [0.1, 0.15) is 27.3 Å². The lowest BCUT2D eigenvalue weighted by Gasteiger charge is -2.04. The van der Waals surface area contributed by atoms with Crippen LogP contribution in [0.4, 0.5) is 0 Å². The van der Waals surface area contributed by atoms with Gasteiger partial charge in [-0.05, 0) is 24.3 Å². The average Bonchev–Trinajstić information content (AvgIpc) is 3.47. The minimum Gasteiger partial charge on any atom is -0.297 e. The second-order valence-corrected chi connectivity index (χ2v) is 7.54. The van der Waals surface area contributed by atoms with Crippen LogP contribution in [0.3, 0.4) is 0 Å². The highest BCUT2D eigenvalue weighted by Crippen LogP contribution is 2.35. The molecule has 0 aliphatic heterocycles. The molecule has 0 spiro atoms. The fourth-order valence-electron chi connectivity index (χ4n) is 2.87. The number of rotatable bonds is 3. The molecule has 5 aromatic rings. The normalized spacial score (nSPS) is 10.2. The largest absolute Gasteiger partial charge is 0.297 e. The molecular formula is C18H12Cl2N6S2. The van der Waals surface area contributed by atoms with Gasteiger partial charge in [-0.1, -0.05) is 0 Å². The molecule has 0 amide bonds. The summed E-state index contributed by atoms with van der Waals surface area (Å²) >= 11 is 3.03. The van der Waals surface area contributed by atoms with Crippen molar-refractivity contribution in [2.24, 2.45) is 0 Å². The highest BCUT2D eigenvalue weighted by Gasteiger charge is 2.14. The fourth-order valence-corrected chi connectivity index (χ4v) is 4.33. The van der Waals surface area contributed by atoms with E-state index in [1.54, 1.807) is 17.5 Å². The molecule has 0 aliphatic carbocycles. The van der Waals surface area contributed by atoms with Crippen LogP contribution in [0.1, 0.15) is 4.88 Å². The molecule has 10 heteroatoms. The van der Waals surface area contributed by atoms with Crippen LogP contribution in [-0.2, 0) is 0 Å². The van der Waals surface area contributed by atoms with E-state index in [0.717, 1.165) is 38.0 Å². The molecule has 0 unspecified atom stereocenters. The van der Waals surface area contributed by atoms with Crippen LogP contribution in [-0.4, -0.2) is 24.6 Å². The number of nitriles is 1. The minimum absolute atomic E-state index is 0. The molecule has 0 aliphatic rings. The zero-order valence-corrected chi connectivity index (χ0v) is 17.3. The van der Waals surface area contributed by atoms with Crippen molar-refractivity contribution in [1.29, 1.82) is 5.26 Å².